The Labute approximate surface area is 195 Å². The lowest BCUT2D eigenvalue weighted by molar-refractivity contribution is -0.113. The summed E-state index contributed by atoms with van der Waals surface area (Å²) in [4.78, 5) is 12.6. The number of nitrogens with zero attached hydrogens (tertiary/aromatic N) is 5. The number of para-hydroxylation sites is 1. The number of thioether (sulfide) groups is 1. The first kappa shape index (κ1) is 22.4. The zero-order valence-electron chi connectivity index (χ0n) is 18.8. The van der Waals surface area contributed by atoms with Gasteiger partial charge in [-0.05, 0) is 43.3 Å². The van der Waals surface area contributed by atoms with Crippen molar-refractivity contribution < 1.29 is 14.3 Å². The van der Waals surface area contributed by atoms with E-state index in [0.29, 0.717) is 22.5 Å². The first-order valence-corrected chi connectivity index (χ1v) is 11.1. The van der Waals surface area contributed by atoms with E-state index in [1.807, 2.05) is 66.1 Å². The van der Waals surface area contributed by atoms with E-state index in [4.69, 9.17) is 9.47 Å². The lowest BCUT2D eigenvalue weighted by Crippen LogP contribution is -2.16. The van der Waals surface area contributed by atoms with Gasteiger partial charge in [-0.15, -0.1) is 10.2 Å². The molecule has 1 N–H and O–H groups in total. The average molecular weight is 465 g/mol. The normalized spacial score (nSPS) is 10.8. The third-order valence-corrected chi connectivity index (χ3v) is 5.84. The first-order valence-electron chi connectivity index (χ1n) is 10.2. The van der Waals surface area contributed by atoms with E-state index in [1.165, 1.54) is 11.8 Å². The van der Waals surface area contributed by atoms with Gasteiger partial charge in [-0.3, -0.25) is 14.0 Å². The summed E-state index contributed by atoms with van der Waals surface area (Å²) in [5, 5.41) is 16.5. The Kier molecular flexibility index (Phi) is 6.64. The smallest absolute Gasteiger partial charge is 0.235 e. The van der Waals surface area contributed by atoms with Gasteiger partial charge >= 0.3 is 0 Å². The van der Waals surface area contributed by atoms with E-state index in [1.54, 1.807) is 25.9 Å². The van der Waals surface area contributed by atoms with E-state index >= 15 is 0 Å². The van der Waals surface area contributed by atoms with Crippen LogP contribution in [0, 0.1) is 6.92 Å². The highest BCUT2D eigenvalue weighted by Crippen LogP contribution is 2.33. The molecule has 0 unspecified atom stereocenters. The fraction of sp³-hybridized carbons (Fsp3) is 0.217. The molecule has 2 heterocycles. The molecule has 2 aromatic carbocycles. The Bertz CT molecular complexity index is 1270. The summed E-state index contributed by atoms with van der Waals surface area (Å²) in [6.07, 6.45) is 0. The molecule has 0 bridgehead atoms. The number of carbonyl (C=O) groups is 1. The molecule has 0 saturated heterocycles. The maximum atomic E-state index is 12.6. The number of carbonyl (C=O) groups excluding carboxylic acids is 1. The Balaban J connectivity index is 1.65. The molecule has 0 aliphatic rings. The summed E-state index contributed by atoms with van der Waals surface area (Å²) in [6, 6.07) is 17.0. The molecule has 10 heteroatoms. The minimum absolute atomic E-state index is 0.157. The number of hydrogen-bond acceptors (Lipinski definition) is 7. The Morgan fingerprint density at radius 2 is 1.82 bits per heavy atom. The van der Waals surface area contributed by atoms with Gasteiger partial charge in [-0.25, -0.2) is 0 Å². The van der Waals surface area contributed by atoms with Gasteiger partial charge in [0.25, 0.3) is 0 Å². The van der Waals surface area contributed by atoms with Crippen LogP contribution < -0.4 is 14.8 Å². The van der Waals surface area contributed by atoms with Crippen LogP contribution in [-0.2, 0) is 11.8 Å². The number of methoxy groups -OCH3 is 2. The van der Waals surface area contributed by atoms with Gasteiger partial charge < -0.3 is 14.8 Å². The topological polar surface area (TPSA) is 96.1 Å². The molecule has 2 aromatic heterocycles. The highest BCUT2D eigenvalue weighted by atomic mass is 32.2. The third kappa shape index (κ3) is 4.85. The molecule has 0 atom stereocenters. The van der Waals surface area contributed by atoms with Crippen molar-refractivity contribution in [2.24, 2.45) is 7.05 Å². The Hall–Kier alpha value is -3.79. The second-order valence-corrected chi connectivity index (χ2v) is 8.11. The number of amides is 1. The highest BCUT2D eigenvalue weighted by molar-refractivity contribution is 7.99. The van der Waals surface area contributed by atoms with E-state index < -0.39 is 0 Å². The molecule has 170 valence electrons. The maximum absolute atomic E-state index is 12.6. The maximum Gasteiger partial charge on any atom is 0.235 e. The molecular formula is C23H24N6O3S. The molecule has 9 nitrogen and oxygen atoms in total. The Morgan fingerprint density at radius 3 is 2.48 bits per heavy atom. The number of rotatable bonds is 8. The predicted octanol–water partition coefficient (Wildman–Crippen LogP) is 3.72. The predicted molar refractivity (Wildman–Crippen MR) is 127 cm³/mol. The van der Waals surface area contributed by atoms with Crippen molar-refractivity contribution in [1.82, 2.24) is 24.5 Å². The SMILES string of the molecule is COc1ccc(-n2c(SCC(=O)Nc3cc(C)nn3C)nnc2-c2ccccc2OC)cc1. The molecule has 0 fully saturated rings. The van der Waals surface area contributed by atoms with Gasteiger partial charge in [0, 0.05) is 13.1 Å². The molecule has 4 aromatic rings. The molecular weight excluding hydrogens is 440 g/mol. The van der Waals surface area contributed by atoms with Crippen LogP contribution in [0.4, 0.5) is 5.82 Å². The van der Waals surface area contributed by atoms with Crippen LogP contribution in [0.15, 0.2) is 59.8 Å². The molecule has 0 aliphatic carbocycles. The van der Waals surface area contributed by atoms with Gasteiger partial charge in [0.05, 0.1) is 36.9 Å². The summed E-state index contributed by atoms with van der Waals surface area (Å²) in [5.74, 6) is 2.68. The summed E-state index contributed by atoms with van der Waals surface area (Å²) in [5.41, 5.74) is 2.47. The van der Waals surface area contributed by atoms with Gasteiger partial charge in [0.1, 0.15) is 17.3 Å². The lowest BCUT2D eigenvalue weighted by Gasteiger charge is -2.13. The third-order valence-electron chi connectivity index (χ3n) is 4.91. The fourth-order valence-corrected chi connectivity index (χ4v) is 4.12. The first-order chi connectivity index (χ1) is 16.0. The fourth-order valence-electron chi connectivity index (χ4n) is 3.37. The number of aromatic nitrogens is 5. The van der Waals surface area contributed by atoms with Gasteiger partial charge in [0.2, 0.25) is 5.91 Å². The highest BCUT2D eigenvalue weighted by Gasteiger charge is 2.20. The Morgan fingerprint density at radius 1 is 1.06 bits per heavy atom. The van der Waals surface area contributed by atoms with Gasteiger partial charge in [0.15, 0.2) is 11.0 Å². The monoisotopic (exact) mass is 464 g/mol. The van der Waals surface area contributed by atoms with E-state index in [2.05, 4.69) is 20.6 Å². The molecule has 0 spiro atoms. The standard InChI is InChI=1S/C23H24N6O3S/c1-15-13-20(28(2)27-15)24-21(30)14-33-23-26-25-22(18-7-5-6-8-19(18)32-4)29(23)16-9-11-17(31-3)12-10-16/h5-13H,14H2,1-4H3,(H,24,30). The van der Waals surface area contributed by atoms with Crippen molar-refractivity contribution in [3.63, 3.8) is 0 Å². The molecule has 33 heavy (non-hydrogen) atoms. The quantitative estimate of drug-likeness (QED) is 0.397. The zero-order valence-corrected chi connectivity index (χ0v) is 19.6. The summed E-state index contributed by atoms with van der Waals surface area (Å²) in [7, 11) is 5.03. The number of hydrogen-bond donors (Lipinski definition) is 1. The molecule has 0 aliphatic heterocycles. The van der Waals surface area contributed by atoms with Crippen LogP contribution in [0.1, 0.15) is 5.69 Å². The van der Waals surface area contributed by atoms with E-state index in [-0.39, 0.29) is 11.7 Å². The van der Waals surface area contributed by atoms with Crippen LogP contribution in [0.3, 0.4) is 0 Å². The summed E-state index contributed by atoms with van der Waals surface area (Å²) < 4.78 is 14.4. The minimum Gasteiger partial charge on any atom is -0.497 e. The van der Waals surface area contributed by atoms with Crippen LogP contribution in [-0.4, -0.2) is 50.4 Å². The number of benzene rings is 2. The van der Waals surface area contributed by atoms with Crippen molar-refractivity contribution in [2.75, 3.05) is 25.3 Å². The molecule has 1 amide bonds. The van der Waals surface area contributed by atoms with Crippen molar-refractivity contribution in [2.45, 2.75) is 12.1 Å². The molecule has 4 rings (SSSR count). The zero-order chi connectivity index (χ0) is 23.4. The summed E-state index contributed by atoms with van der Waals surface area (Å²) >= 11 is 1.30. The second-order valence-electron chi connectivity index (χ2n) is 7.17. The van der Waals surface area contributed by atoms with Crippen LogP contribution in [0.2, 0.25) is 0 Å². The molecule has 0 radical (unpaired) electrons. The number of aryl methyl sites for hydroxylation is 2. The lowest BCUT2D eigenvalue weighted by atomic mass is 10.2. The summed E-state index contributed by atoms with van der Waals surface area (Å²) in [6.45, 7) is 1.88. The number of nitrogens with one attached hydrogen (secondary N) is 1. The number of ether oxygens (including phenoxy) is 2. The largest absolute Gasteiger partial charge is 0.497 e. The average Bonchev–Trinajstić information content (AvgIpc) is 3.39. The van der Waals surface area contributed by atoms with E-state index in [9.17, 15) is 4.79 Å². The van der Waals surface area contributed by atoms with Gasteiger partial charge in [-0.1, -0.05) is 23.9 Å². The van der Waals surface area contributed by atoms with E-state index in [0.717, 1.165) is 22.7 Å². The second kappa shape index (κ2) is 9.78. The van der Waals surface area contributed by atoms with Crippen molar-refractivity contribution in [1.29, 1.82) is 0 Å². The molecule has 0 saturated carbocycles. The van der Waals surface area contributed by atoms with Crippen LogP contribution in [0.5, 0.6) is 11.5 Å². The number of anilines is 1. The van der Waals surface area contributed by atoms with Crippen molar-refractivity contribution >= 4 is 23.5 Å². The van der Waals surface area contributed by atoms with Crippen molar-refractivity contribution in [3.05, 3.63) is 60.3 Å². The minimum atomic E-state index is -0.161. The van der Waals surface area contributed by atoms with Gasteiger partial charge in [-0.2, -0.15) is 5.10 Å². The van der Waals surface area contributed by atoms with Crippen LogP contribution in [0.25, 0.3) is 17.1 Å². The van der Waals surface area contributed by atoms with Crippen molar-refractivity contribution in [3.8, 4) is 28.6 Å². The van der Waals surface area contributed by atoms with Crippen LogP contribution >= 0.6 is 11.8 Å².